The Morgan fingerprint density at radius 2 is 1.70 bits per heavy atom. The van der Waals surface area contributed by atoms with Crippen LogP contribution in [0.2, 0.25) is 0 Å². The highest BCUT2D eigenvalue weighted by Gasteiger charge is 2.15. The van der Waals surface area contributed by atoms with Gasteiger partial charge in [-0.15, -0.1) is 0 Å². The van der Waals surface area contributed by atoms with Gasteiger partial charge in [0.15, 0.2) is 9.84 Å². The van der Waals surface area contributed by atoms with Crippen molar-refractivity contribution in [2.75, 3.05) is 12.9 Å². The Morgan fingerprint density at radius 1 is 1.03 bits per heavy atom. The summed E-state index contributed by atoms with van der Waals surface area (Å²) in [6.07, 6.45) is 6.62. The van der Waals surface area contributed by atoms with Gasteiger partial charge in [-0.3, -0.25) is 9.59 Å². The lowest BCUT2D eigenvalue weighted by atomic mass is 9.91. The van der Waals surface area contributed by atoms with Gasteiger partial charge in [0.1, 0.15) is 18.1 Å². The molecule has 0 aliphatic carbocycles. The third-order valence-electron chi connectivity index (χ3n) is 5.03. The number of carbonyl (C=O) groups excluding carboxylic acids is 1. The number of Topliss-reactive ketones (excluding diaryl/α,β-unsaturated/α-hetero) is 1. The molecule has 2 unspecified atom stereocenters. The highest BCUT2D eigenvalue weighted by atomic mass is 32.2. The second-order valence-electron chi connectivity index (χ2n) is 7.80. The molecule has 2 atom stereocenters. The summed E-state index contributed by atoms with van der Waals surface area (Å²) < 4.78 is 28.7. The molecule has 1 aromatic carbocycles. The third-order valence-corrected chi connectivity index (χ3v) is 6.14. The molecule has 0 saturated carbocycles. The van der Waals surface area contributed by atoms with Gasteiger partial charge in [-0.05, 0) is 50.8 Å². The molecule has 30 heavy (non-hydrogen) atoms. The number of aliphatic carboxylic acids is 1. The fourth-order valence-electron chi connectivity index (χ4n) is 3.24. The van der Waals surface area contributed by atoms with Gasteiger partial charge in [-0.25, -0.2) is 8.42 Å². The van der Waals surface area contributed by atoms with Crippen LogP contribution in [-0.2, 0) is 19.4 Å². The van der Waals surface area contributed by atoms with Gasteiger partial charge < -0.3 is 14.9 Å². The molecule has 0 radical (unpaired) electrons. The van der Waals surface area contributed by atoms with Gasteiger partial charge in [0.2, 0.25) is 0 Å². The summed E-state index contributed by atoms with van der Waals surface area (Å²) >= 11 is 0. The quantitative estimate of drug-likeness (QED) is 0.375. The van der Waals surface area contributed by atoms with Crippen molar-refractivity contribution in [1.82, 2.24) is 0 Å². The van der Waals surface area contributed by atoms with E-state index in [4.69, 9.17) is 9.84 Å². The van der Waals surface area contributed by atoms with E-state index >= 15 is 0 Å². The minimum atomic E-state index is -3.31. The zero-order chi connectivity index (χ0) is 22.6. The first-order valence-electron chi connectivity index (χ1n) is 10.4. The number of hydrogen-bond donors (Lipinski definition) is 2. The van der Waals surface area contributed by atoms with E-state index in [1.54, 1.807) is 19.1 Å². The van der Waals surface area contributed by atoms with Gasteiger partial charge in [0.25, 0.3) is 0 Å². The molecule has 0 saturated heterocycles. The lowest BCUT2D eigenvalue weighted by molar-refractivity contribution is -0.137. The number of carboxylic acid groups (broad SMARTS) is 1. The smallest absolute Gasteiger partial charge is 0.303 e. The third kappa shape index (κ3) is 11.3. The summed E-state index contributed by atoms with van der Waals surface area (Å²) in [6, 6.07) is 6.16. The van der Waals surface area contributed by atoms with Gasteiger partial charge in [-0.1, -0.05) is 31.7 Å². The van der Waals surface area contributed by atoms with Crippen molar-refractivity contribution < 1.29 is 33.0 Å². The van der Waals surface area contributed by atoms with Crippen LogP contribution in [0.5, 0.6) is 5.75 Å². The van der Waals surface area contributed by atoms with E-state index in [9.17, 15) is 23.1 Å². The van der Waals surface area contributed by atoms with Crippen molar-refractivity contribution in [1.29, 1.82) is 0 Å². The van der Waals surface area contributed by atoms with Gasteiger partial charge in [0, 0.05) is 18.6 Å². The maximum Gasteiger partial charge on any atom is 0.303 e. The molecule has 0 fully saturated rings. The molecular weight excluding hydrogens is 408 g/mol. The van der Waals surface area contributed by atoms with E-state index in [0.717, 1.165) is 31.9 Å². The van der Waals surface area contributed by atoms with E-state index in [2.05, 4.69) is 0 Å². The van der Waals surface area contributed by atoms with Crippen LogP contribution < -0.4 is 4.74 Å². The normalized spacial score (nSPS) is 13.6. The fourth-order valence-corrected chi connectivity index (χ4v) is 3.90. The van der Waals surface area contributed by atoms with Crippen LogP contribution in [-0.4, -0.2) is 49.4 Å². The Labute approximate surface area is 179 Å². The molecule has 0 amide bonds. The molecule has 1 aromatic rings. The Hall–Kier alpha value is -1.93. The molecule has 8 heteroatoms. The van der Waals surface area contributed by atoms with Crippen molar-refractivity contribution in [3.63, 3.8) is 0 Å². The number of sulfone groups is 1. The lowest BCUT2D eigenvalue weighted by Gasteiger charge is -2.16. The Morgan fingerprint density at radius 3 is 2.33 bits per heavy atom. The van der Waals surface area contributed by atoms with Crippen LogP contribution in [0.1, 0.15) is 64.7 Å². The first kappa shape index (κ1) is 26.1. The summed E-state index contributed by atoms with van der Waals surface area (Å²) in [5.41, 5.74) is 0. The fraction of sp³-hybridized carbons (Fsp3) is 0.636. The number of hydrogen-bond acceptors (Lipinski definition) is 6. The van der Waals surface area contributed by atoms with Crippen LogP contribution in [0, 0.1) is 5.92 Å². The van der Waals surface area contributed by atoms with Crippen LogP contribution >= 0.6 is 0 Å². The number of ether oxygens (including phenoxy) is 1. The molecule has 0 bridgehead atoms. The predicted octanol–water partition coefficient (Wildman–Crippen LogP) is 3.63. The van der Waals surface area contributed by atoms with E-state index in [0.29, 0.717) is 31.4 Å². The summed E-state index contributed by atoms with van der Waals surface area (Å²) in [4.78, 5) is 22.5. The Kier molecular flexibility index (Phi) is 11.7. The number of benzene rings is 1. The number of aliphatic hydroxyl groups excluding tert-OH is 1. The van der Waals surface area contributed by atoms with Crippen molar-refractivity contribution in [2.24, 2.45) is 5.92 Å². The molecule has 0 heterocycles. The average Bonchev–Trinajstić information content (AvgIpc) is 2.66. The molecule has 2 N–H and O–H groups in total. The Bertz CT molecular complexity index is 773. The molecule has 0 spiro atoms. The molecule has 1 rings (SSSR count). The molecular formula is C22H34O7S. The van der Waals surface area contributed by atoms with Crippen LogP contribution in [0.4, 0.5) is 0 Å². The van der Waals surface area contributed by atoms with Crippen LogP contribution in [0.3, 0.4) is 0 Å². The van der Waals surface area contributed by atoms with Crippen molar-refractivity contribution >= 4 is 21.6 Å². The van der Waals surface area contributed by atoms with Crippen molar-refractivity contribution in [3.8, 4) is 5.75 Å². The number of carbonyl (C=O) groups is 2. The molecule has 7 nitrogen and oxygen atoms in total. The van der Waals surface area contributed by atoms with Gasteiger partial charge >= 0.3 is 5.97 Å². The second-order valence-corrected chi connectivity index (χ2v) is 9.81. The minimum Gasteiger partial charge on any atom is -0.491 e. The zero-order valence-electron chi connectivity index (χ0n) is 17.9. The zero-order valence-corrected chi connectivity index (χ0v) is 18.7. The van der Waals surface area contributed by atoms with Gasteiger partial charge in [0.05, 0.1) is 11.0 Å². The van der Waals surface area contributed by atoms with Crippen LogP contribution in [0.15, 0.2) is 29.2 Å². The maximum atomic E-state index is 11.8. The van der Waals surface area contributed by atoms with E-state index in [1.165, 1.54) is 12.1 Å². The number of unbranched alkanes of at least 4 members (excludes halogenated alkanes) is 3. The van der Waals surface area contributed by atoms with Crippen molar-refractivity contribution in [3.05, 3.63) is 24.3 Å². The van der Waals surface area contributed by atoms with E-state index in [1.807, 2.05) is 0 Å². The number of rotatable bonds is 16. The summed E-state index contributed by atoms with van der Waals surface area (Å²) in [5.74, 6) is -0.281. The number of aliphatic hydroxyl groups is 1. The van der Waals surface area contributed by atoms with E-state index < -0.39 is 21.9 Å². The SMILES string of the molecule is CC(=O)C(CCCCCCC(=O)O)CCCC(O)COc1cccc(S(C)(=O)=O)c1. The topological polar surface area (TPSA) is 118 Å². The molecule has 170 valence electrons. The summed E-state index contributed by atoms with van der Waals surface area (Å²) in [5, 5.41) is 18.8. The van der Waals surface area contributed by atoms with Gasteiger partial charge in [-0.2, -0.15) is 0 Å². The second kappa shape index (κ2) is 13.4. The monoisotopic (exact) mass is 442 g/mol. The molecule has 0 aliphatic rings. The molecule has 0 aromatic heterocycles. The lowest BCUT2D eigenvalue weighted by Crippen LogP contribution is -2.19. The average molecular weight is 443 g/mol. The summed E-state index contributed by atoms with van der Waals surface area (Å²) in [7, 11) is -3.31. The summed E-state index contributed by atoms with van der Waals surface area (Å²) in [6.45, 7) is 1.64. The van der Waals surface area contributed by atoms with Crippen molar-refractivity contribution in [2.45, 2.75) is 75.7 Å². The number of ketones is 1. The highest BCUT2D eigenvalue weighted by molar-refractivity contribution is 7.90. The molecule has 0 aliphatic heterocycles. The first-order valence-corrected chi connectivity index (χ1v) is 12.3. The van der Waals surface area contributed by atoms with E-state index in [-0.39, 0.29) is 29.6 Å². The highest BCUT2D eigenvalue weighted by Crippen LogP contribution is 2.20. The standard InChI is InChI=1S/C22H34O7S/c1-17(23)18(9-5-3-4-6-14-22(25)26)10-7-11-19(24)16-29-20-12-8-13-21(15-20)30(2,27)28/h8,12-13,15,18-19,24H,3-7,9-11,14,16H2,1-2H3,(H,25,26). The minimum absolute atomic E-state index is 0.0379. The maximum absolute atomic E-state index is 11.8. The van der Waals surface area contributed by atoms with Crippen LogP contribution in [0.25, 0.3) is 0 Å². The Balaban J connectivity index is 2.29. The largest absolute Gasteiger partial charge is 0.491 e. The first-order chi connectivity index (χ1) is 14.1. The predicted molar refractivity (Wildman–Crippen MR) is 114 cm³/mol. The number of carboxylic acids is 1.